The molecule has 28 heavy (non-hydrogen) atoms. The zero-order chi connectivity index (χ0) is 19.9. The van der Waals surface area contributed by atoms with Gasteiger partial charge in [-0.3, -0.25) is 20.4 Å². The fourth-order valence-corrected chi connectivity index (χ4v) is 2.44. The van der Waals surface area contributed by atoms with E-state index in [1.54, 1.807) is 0 Å². The lowest BCUT2D eigenvalue weighted by molar-refractivity contribution is -0.122. The molecule has 0 aliphatic heterocycles. The van der Waals surface area contributed by atoms with Gasteiger partial charge in [-0.25, -0.2) is 0 Å². The van der Waals surface area contributed by atoms with Crippen LogP contribution < -0.4 is 15.6 Å². The Labute approximate surface area is 162 Å². The molecule has 0 saturated carbocycles. The molecule has 2 amide bonds. The topological polar surface area (TPSA) is 93.5 Å². The number of benzene rings is 2. The summed E-state index contributed by atoms with van der Waals surface area (Å²) in [5.41, 5.74) is 7.83. The molecular weight excluding hydrogens is 358 g/mol. The van der Waals surface area contributed by atoms with E-state index in [1.807, 2.05) is 62.4 Å². The lowest BCUT2D eigenvalue weighted by atomic mass is 10.1. The summed E-state index contributed by atoms with van der Waals surface area (Å²) in [6, 6.07) is 16.6. The van der Waals surface area contributed by atoms with Gasteiger partial charge >= 0.3 is 0 Å². The number of carbonyl (C=O) groups is 2. The zero-order valence-corrected chi connectivity index (χ0v) is 15.7. The first-order valence-electron chi connectivity index (χ1n) is 8.84. The third kappa shape index (κ3) is 4.97. The second-order valence-corrected chi connectivity index (χ2v) is 6.29. The minimum Gasteiger partial charge on any atom is -0.493 e. The lowest BCUT2D eigenvalue weighted by Crippen LogP contribution is -2.42. The van der Waals surface area contributed by atoms with E-state index >= 15 is 0 Å². The van der Waals surface area contributed by atoms with Crippen LogP contribution in [0.15, 0.2) is 59.1 Å². The highest BCUT2D eigenvalue weighted by Crippen LogP contribution is 2.19. The first kappa shape index (κ1) is 19.2. The van der Waals surface area contributed by atoms with Gasteiger partial charge in [-0.1, -0.05) is 41.6 Å². The molecule has 0 saturated heterocycles. The molecule has 0 aliphatic rings. The minimum atomic E-state index is -0.561. The maximum atomic E-state index is 12.1. The quantitative estimate of drug-likeness (QED) is 0.642. The average molecular weight is 379 g/mol. The van der Waals surface area contributed by atoms with Gasteiger partial charge in [-0.05, 0) is 37.1 Å². The van der Waals surface area contributed by atoms with E-state index in [9.17, 15) is 9.59 Å². The molecule has 0 fully saturated rings. The Morgan fingerprint density at radius 1 is 1.00 bits per heavy atom. The van der Waals surface area contributed by atoms with Crippen LogP contribution in [-0.4, -0.2) is 23.6 Å². The van der Waals surface area contributed by atoms with E-state index in [4.69, 9.17) is 9.26 Å². The maximum Gasteiger partial charge on any atom is 0.291 e. The van der Waals surface area contributed by atoms with Crippen molar-refractivity contribution in [2.45, 2.75) is 20.3 Å². The van der Waals surface area contributed by atoms with Crippen molar-refractivity contribution in [3.63, 3.8) is 0 Å². The van der Waals surface area contributed by atoms with Gasteiger partial charge in [-0.15, -0.1) is 0 Å². The summed E-state index contributed by atoms with van der Waals surface area (Å²) in [7, 11) is 0. The van der Waals surface area contributed by atoms with Crippen LogP contribution in [0.2, 0.25) is 0 Å². The van der Waals surface area contributed by atoms with Crippen LogP contribution in [0.5, 0.6) is 5.75 Å². The molecule has 1 aromatic heterocycles. The van der Waals surface area contributed by atoms with E-state index in [2.05, 4.69) is 16.0 Å². The number of carbonyl (C=O) groups excluding carboxylic acids is 2. The van der Waals surface area contributed by atoms with Gasteiger partial charge in [-0.2, -0.15) is 0 Å². The largest absolute Gasteiger partial charge is 0.493 e. The van der Waals surface area contributed by atoms with Crippen LogP contribution in [0.1, 0.15) is 28.0 Å². The van der Waals surface area contributed by atoms with Crippen LogP contribution >= 0.6 is 0 Å². The van der Waals surface area contributed by atoms with Crippen molar-refractivity contribution in [3.8, 4) is 17.1 Å². The summed E-state index contributed by atoms with van der Waals surface area (Å²) in [5.74, 6) is 0.244. The Kier molecular flexibility index (Phi) is 6.06. The van der Waals surface area contributed by atoms with E-state index in [0.717, 1.165) is 11.1 Å². The van der Waals surface area contributed by atoms with Gasteiger partial charge in [0.1, 0.15) is 5.75 Å². The van der Waals surface area contributed by atoms with Gasteiger partial charge in [0.05, 0.1) is 13.0 Å². The van der Waals surface area contributed by atoms with Gasteiger partial charge in [0.25, 0.3) is 5.91 Å². The van der Waals surface area contributed by atoms with Crippen molar-refractivity contribution in [3.05, 3.63) is 71.4 Å². The van der Waals surface area contributed by atoms with Crippen molar-refractivity contribution < 1.29 is 18.8 Å². The van der Waals surface area contributed by atoms with Gasteiger partial charge in [0, 0.05) is 11.6 Å². The molecule has 1 heterocycles. The molecular formula is C21H21N3O4. The predicted molar refractivity (Wildman–Crippen MR) is 104 cm³/mol. The van der Waals surface area contributed by atoms with Crippen LogP contribution in [0.4, 0.5) is 0 Å². The number of nitrogens with zero attached hydrogens (tertiary/aromatic N) is 1. The number of aromatic nitrogens is 1. The Balaban J connectivity index is 1.43. The molecule has 0 atom stereocenters. The van der Waals surface area contributed by atoms with E-state index < -0.39 is 5.91 Å². The smallest absolute Gasteiger partial charge is 0.291 e. The molecule has 2 N–H and O–H groups in total. The molecule has 144 valence electrons. The maximum absolute atomic E-state index is 12.1. The SMILES string of the molecule is Cc1ccc(OCCC(=O)NNC(=O)c2cc(-c3ccccc3)on2)cc1C. The van der Waals surface area contributed by atoms with E-state index in [1.165, 1.54) is 11.6 Å². The summed E-state index contributed by atoms with van der Waals surface area (Å²) in [5, 5.41) is 3.72. The normalized spacial score (nSPS) is 10.4. The van der Waals surface area contributed by atoms with Crippen molar-refractivity contribution in [2.24, 2.45) is 0 Å². The predicted octanol–water partition coefficient (Wildman–Crippen LogP) is 3.19. The number of rotatable bonds is 6. The molecule has 7 heteroatoms. The molecule has 0 bridgehead atoms. The van der Waals surface area contributed by atoms with Crippen molar-refractivity contribution in [2.75, 3.05) is 6.61 Å². The molecule has 0 aliphatic carbocycles. The summed E-state index contributed by atoms with van der Waals surface area (Å²) in [6.45, 7) is 4.22. The summed E-state index contributed by atoms with van der Waals surface area (Å²) >= 11 is 0. The summed E-state index contributed by atoms with van der Waals surface area (Å²) in [4.78, 5) is 23.9. The fourth-order valence-electron chi connectivity index (χ4n) is 2.44. The van der Waals surface area contributed by atoms with E-state index in [0.29, 0.717) is 11.5 Å². The number of hydrazine groups is 1. The zero-order valence-electron chi connectivity index (χ0n) is 15.7. The molecule has 2 aromatic carbocycles. The number of hydrogen-bond acceptors (Lipinski definition) is 5. The second-order valence-electron chi connectivity index (χ2n) is 6.29. The number of hydrogen-bond donors (Lipinski definition) is 2. The fraction of sp³-hybridized carbons (Fsp3) is 0.190. The number of amides is 2. The molecule has 7 nitrogen and oxygen atoms in total. The highest BCUT2D eigenvalue weighted by molar-refractivity contribution is 5.94. The van der Waals surface area contributed by atoms with Crippen LogP contribution in [0.3, 0.4) is 0 Å². The molecule has 3 rings (SSSR count). The van der Waals surface area contributed by atoms with Crippen molar-refractivity contribution in [1.29, 1.82) is 0 Å². The molecule has 0 unspecified atom stereocenters. The standard InChI is InChI=1S/C21H21N3O4/c1-14-8-9-17(12-15(14)2)27-11-10-20(25)22-23-21(26)18-13-19(28-24-18)16-6-4-3-5-7-16/h3-9,12-13H,10-11H2,1-2H3,(H,22,25)(H,23,26). The minimum absolute atomic E-state index is 0.0746. The Hall–Kier alpha value is -3.61. The summed E-state index contributed by atoms with van der Waals surface area (Å²) < 4.78 is 10.7. The van der Waals surface area contributed by atoms with Crippen LogP contribution in [0.25, 0.3) is 11.3 Å². The second kappa shape index (κ2) is 8.85. The Morgan fingerprint density at radius 2 is 1.79 bits per heavy atom. The first-order valence-corrected chi connectivity index (χ1v) is 8.84. The Morgan fingerprint density at radius 3 is 2.54 bits per heavy atom. The number of aryl methyl sites for hydroxylation is 2. The van der Waals surface area contributed by atoms with Crippen LogP contribution in [0, 0.1) is 13.8 Å². The monoisotopic (exact) mass is 379 g/mol. The highest BCUT2D eigenvalue weighted by atomic mass is 16.5. The molecule has 0 spiro atoms. The first-order chi connectivity index (χ1) is 13.5. The average Bonchev–Trinajstić information content (AvgIpc) is 3.20. The van der Waals surface area contributed by atoms with E-state index in [-0.39, 0.29) is 24.6 Å². The van der Waals surface area contributed by atoms with Gasteiger partial charge in [0.15, 0.2) is 11.5 Å². The van der Waals surface area contributed by atoms with Crippen molar-refractivity contribution >= 4 is 11.8 Å². The van der Waals surface area contributed by atoms with Gasteiger partial charge in [0.2, 0.25) is 5.91 Å². The van der Waals surface area contributed by atoms with Crippen molar-refractivity contribution in [1.82, 2.24) is 16.0 Å². The molecule has 0 radical (unpaired) electrons. The van der Waals surface area contributed by atoms with Crippen LogP contribution in [-0.2, 0) is 4.79 Å². The third-order valence-corrected chi connectivity index (χ3v) is 4.19. The third-order valence-electron chi connectivity index (χ3n) is 4.19. The lowest BCUT2D eigenvalue weighted by Gasteiger charge is -2.09. The Bertz CT molecular complexity index is 967. The number of nitrogens with one attached hydrogen (secondary N) is 2. The summed E-state index contributed by atoms with van der Waals surface area (Å²) in [6.07, 6.45) is 0.0985. The molecule has 3 aromatic rings. The highest BCUT2D eigenvalue weighted by Gasteiger charge is 2.14. The number of ether oxygens (including phenoxy) is 1. The van der Waals surface area contributed by atoms with Gasteiger partial charge < -0.3 is 9.26 Å².